The fourth-order valence-electron chi connectivity index (χ4n) is 3.32. The lowest BCUT2D eigenvalue weighted by atomic mass is 10.2. The Morgan fingerprint density at radius 2 is 1.81 bits per heavy atom. The molecule has 0 aliphatic carbocycles. The van der Waals surface area contributed by atoms with Gasteiger partial charge >= 0.3 is 12.1 Å². The molecule has 0 bridgehead atoms. The predicted molar refractivity (Wildman–Crippen MR) is 120 cm³/mol. The summed E-state index contributed by atoms with van der Waals surface area (Å²) in [4.78, 5) is 43.6. The van der Waals surface area contributed by atoms with Crippen molar-refractivity contribution >= 4 is 46.8 Å². The van der Waals surface area contributed by atoms with E-state index in [-0.39, 0.29) is 17.6 Å². The second-order valence-electron chi connectivity index (χ2n) is 7.21. The SMILES string of the molecule is CC(=O)Nc1ccc(NC(=O)C2=COC3=NC(=O)N(Cc4cccc(Cl)c4)CCN23)cc1. The van der Waals surface area contributed by atoms with Gasteiger partial charge in [0.25, 0.3) is 5.91 Å². The van der Waals surface area contributed by atoms with Gasteiger partial charge in [0.15, 0.2) is 0 Å². The van der Waals surface area contributed by atoms with Crippen LogP contribution in [0.25, 0.3) is 0 Å². The van der Waals surface area contributed by atoms with Gasteiger partial charge < -0.3 is 20.3 Å². The number of hydrogen-bond acceptors (Lipinski definition) is 5. The third kappa shape index (κ3) is 4.89. The zero-order valence-electron chi connectivity index (χ0n) is 17.2. The first-order valence-corrected chi connectivity index (χ1v) is 10.2. The fraction of sp³-hybridized carbons (Fsp3) is 0.182. The lowest BCUT2D eigenvalue weighted by Gasteiger charge is -2.21. The molecule has 0 unspecified atom stereocenters. The van der Waals surface area contributed by atoms with Crippen molar-refractivity contribution in [1.29, 1.82) is 0 Å². The molecule has 0 fully saturated rings. The van der Waals surface area contributed by atoms with Gasteiger partial charge in [-0.3, -0.25) is 14.5 Å². The van der Waals surface area contributed by atoms with Gasteiger partial charge in [-0.15, -0.1) is 4.99 Å². The molecule has 2 aliphatic rings. The Hall–Kier alpha value is -3.85. The Balaban J connectivity index is 1.41. The quantitative estimate of drug-likeness (QED) is 0.722. The van der Waals surface area contributed by atoms with Crippen molar-refractivity contribution in [2.45, 2.75) is 13.5 Å². The number of carbonyl (C=O) groups excluding carboxylic acids is 3. The van der Waals surface area contributed by atoms with Crippen LogP contribution in [0.5, 0.6) is 0 Å². The zero-order valence-corrected chi connectivity index (χ0v) is 17.9. The van der Waals surface area contributed by atoms with E-state index in [2.05, 4.69) is 15.6 Å². The molecule has 0 aromatic heterocycles. The first-order valence-electron chi connectivity index (χ1n) is 9.84. The van der Waals surface area contributed by atoms with Crippen molar-refractivity contribution < 1.29 is 19.1 Å². The van der Waals surface area contributed by atoms with E-state index in [1.54, 1.807) is 46.2 Å². The van der Waals surface area contributed by atoms with Crippen LogP contribution in [-0.2, 0) is 20.9 Å². The molecule has 0 saturated heterocycles. The van der Waals surface area contributed by atoms with E-state index in [1.807, 2.05) is 12.1 Å². The Morgan fingerprint density at radius 1 is 1.09 bits per heavy atom. The minimum absolute atomic E-state index is 0.0646. The van der Waals surface area contributed by atoms with Gasteiger partial charge in [-0.25, -0.2) is 4.79 Å². The summed E-state index contributed by atoms with van der Waals surface area (Å²) in [6.45, 7) is 2.45. The normalized spacial score (nSPS) is 15.2. The summed E-state index contributed by atoms with van der Waals surface area (Å²) in [5.74, 6) is -0.583. The number of halogens is 1. The Bertz CT molecular complexity index is 1130. The number of aliphatic imine (C=N–C) groups is 1. The Morgan fingerprint density at radius 3 is 2.50 bits per heavy atom. The summed E-state index contributed by atoms with van der Waals surface area (Å²) in [5, 5.41) is 6.03. The molecule has 9 nitrogen and oxygen atoms in total. The number of ether oxygens (including phenoxy) is 1. The van der Waals surface area contributed by atoms with Crippen LogP contribution >= 0.6 is 11.6 Å². The lowest BCUT2D eigenvalue weighted by molar-refractivity contribution is -0.114. The number of amides is 4. The Kier molecular flexibility index (Phi) is 6.09. The third-order valence-corrected chi connectivity index (χ3v) is 5.05. The van der Waals surface area contributed by atoms with Gasteiger partial charge in [-0.05, 0) is 42.0 Å². The van der Waals surface area contributed by atoms with E-state index >= 15 is 0 Å². The van der Waals surface area contributed by atoms with E-state index in [0.717, 1.165) is 5.56 Å². The van der Waals surface area contributed by atoms with Crippen molar-refractivity contribution in [3.8, 4) is 0 Å². The van der Waals surface area contributed by atoms with Crippen LogP contribution in [0.1, 0.15) is 12.5 Å². The molecule has 0 saturated carbocycles. The monoisotopic (exact) mass is 453 g/mol. The average Bonchev–Trinajstić information content (AvgIpc) is 3.07. The molecule has 0 atom stereocenters. The van der Waals surface area contributed by atoms with Crippen molar-refractivity contribution in [1.82, 2.24) is 9.80 Å². The molecule has 2 aromatic carbocycles. The van der Waals surface area contributed by atoms with E-state index in [4.69, 9.17) is 16.3 Å². The van der Waals surface area contributed by atoms with Gasteiger partial charge in [-0.2, -0.15) is 0 Å². The van der Waals surface area contributed by atoms with Gasteiger partial charge in [0.2, 0.25) is 5.91 Å². The summed E-state index contributed by atoms with van der Waals surface area (Å²) in [7, 11) is 0. The number of hydrogen-bond donors (Lipinski definition) is 2. The van der Waals surface area contributed by atoms with Gasteiger partial charge in [-0.1, -0.05) is 23.7 Å². The van der Waals surface area contributed by atoms with Crippen LogP contribution in [-0.4, -0.2) is 46.8 Å². The molecule has 10 heteroatoms. The number of rotatable bonds is 5. The van der Waals surface area contributed by atoms with Crippen molar-refractivity contribution in [3.63, 3.8) is 0 Å². The molecule has 0 radical (unpaired) electrons. The first kappa shape index (κ1) is 21.4. The summed E-state index contributed by atoms with van der Waals surface area (Å²) in [6.07, 6.45) is 1.28. The second-order valence-corrected chi connectivity index (χ2v) is 7.65. The smallest absolute Gasteiger partial charge is 0.348 e. The topological polar surface area (TPSA) is 103 Å². The molecule has 0 spiro atoms. The van der Waals surface area contributed by atoms with E-state index in [9.17, 15) is 14.4 Å². The number of benzene rings is 2. The second kappa shape index (κ2) is 9.11. The van der Waals surface area contributed by atoms with Crippen LogP contribution < -0.4 is 10.6 Å². The molecule has 164 valence electrons. The maximum Gasteiger partial charge on any atom is 0.348 e. The van der Waals surface area contributed by atoms with Crippen LogP contribution in [0.2, 0.25) is 5.02 Å². The maximum absolute atomic E-state index is 12.8. The summed E-state index contributed by atoms with van der Waals surface area (Å²) < 4.78 is 5.40. The predicted octanol–water partition coefficient (Wildman–Crippen LogP) is 3.40. The minimum atomic E-state index is -0.453. The van der Waals surface area contributed by atoms with E-state index in [0.29, 0.717) is 36.0 Å². The van der Waals surface area contributed by atoms with Crippen molar-refractivity contribution in [2.24, 2.45) is 4.99 Å². The molecule has 32 heavy (non-hydrogen) atoms. The summed E-state index contributed by atoms with van der Waals surface area (Å²) >= 11 is 6.03. The first-order chi connectivity index (χ1) is 15.4. The molecule has 2 aliphatic heterocycles. The largest absolute Gasteiger partial charge is 0.431 e. The number of urea groups is 1. The number of carbonyl (C=O) groups is 3. The van der Waals surface area contributed by atoms with Crippen LogP contribution in [0.4, 0.5) is 16.2 Å². The summed E-state index contributed by atoms with van der Waals surface area (Å²) in [6, 6.07) is 13.6. The number of anilines is 2. The number of amidine groups is 1. The van der Waals surface area contributed by atoms with Crippen LogP contribution in [0, 0.1) is 0 Å². The average molecular weight is 454 g/mol. The van der Waals surface area contributed by atoms with Gasteiger partial charge in [0.1, 0.15) is 12.0 Å². The van der Waals surface area contributed by atoms with Gasteiger partial charge in [0, 0.05) is 43.0 Å². The van der Waals surface area contributed by atoms with E-state index < -0.39 is 11.9 Å². The molecule has 4 amide bonds. The van der Waals surface area contributed by atoms with Crippen molar-refractivity contribution in [3.05, 3.63) is 71.1 Å². The number of nitrogens with one attached hydrogen (secondary N) is 2. The van der Waals surface area contributed by atoms with Crippen LogP contribution in [0.3, 0.4) is 0 Å². The molecule has 2 heterocycles. The van der Waals surface area contributed by atoms with E-state index in [1.165, 1.54) is 13.2 Å². The highest BCUT2D eigenvalue weighted by Gasteiger charge is 2.33. The van der Waals surface area contributed by atoms with Crippen LogP contribution in [0.15, 0.2) is 65.5 Å². The molecule has 4 rings (SSSR count). The highest BCUT2D eigenvalue weighted by Crippen LogP contribution is 2.22. The lowest BCUT2D eigenvalue weighted by Crippen LogP contribution is -2.36. The molecule has 2 N–H and O–H groups in total. The third-order valence-electron chi connectivity index (χ3n) is 4.81. The highest BCUT2D eigenvalue weighted by atomic mass is 35.5. The zero-order chi connectivity index (χ0) is 22.7. The fourth-order valence-corrected chi connectivity index (χ4v) is 3.54. The van der Waals surface area contributed by atoms with Gasteiger partial charge in [0.05, 0.1) is 0 Å². The molecular formula is C22H20ClN5O4. The molecular weight excluding hydrogens is 434 g/mol. The maximum atomic E-state index is 12.8. The number of fused-ring (bicyclic) bond motifs is 1. The Labute approximate surface area is 189 Å². The van der Waals surface area contributed by atoms with Crippen molar-refractivity contribution in [2.75, 3.05) is 23.7 Å². The molecule has 2 aromatic rings. The number of nitrogens with zero attached hydrogens (tertiary/aromatic N) is 3. The highest BCUT2D eigenvalue weighted by molar-refractivity contribution is 6.30. The summed E-state index contributed by atoms with van der Waals surface area (Å²) in [5.41, 5.74) is 2.29. The minimum Gasteiger partial charge on any atom is -0.431 e. The standard InChI is InChI=1S/C22H20ClN5O4/c1-14(29)24-17-5-7-18(8-6-17)25-20(30)19-13-32-22-26-21(31)27(9-10-28(19)22)12-15-3-2-4-16(23)11-15/h2-8,11,13H,9-10,12H2,1H3,(H,24,29)(H,25,30).